The minimum atomic E-state index is -4.29. The molecule has 5 nitrogen and oxygen atoms in total. The van der Waals surface area contributed by atoms with E-state index in [9.17, 15) is 22.0 Å². The van der Waals surface area contributed by atoms with E-state index >= 15 is 0 Å². The summed E-state index contributed by atoms with van der Waals surface area (Å²) in [4.78, 5) is 9.98. The highest BCUT2D eigenvalue weighted by molar-refractivity contribution is 9.10. The lowest BCUT2D eigenvalue weighted by molar-refractivity contribution is 0.0691. The van der Waals surface area contributed by atoms with Crippen LogP contribution in [0.4, 0.5) is 8.78 Å². The Morgan fingerprint density at radius 3 is 2.36 bits per heavy atom. The van der Waals surface area contributed by atoms with Gasteiger partial charge in [0.25, 0.3) is 0 Å². The maximum absolute atomic E-state index is 13.7. The van der Waals surface area contributed by atoms with Gasteiger partial charge in [-0.25, -0.2) is 26.7 Å². The fourth-order valence-electron chi connectivity index (χ4n) is 2.13. The number of hydrogen-bond donors (Lipinski definition) is 2. The predicted octanol–water partition coefficient (Wildman–Crippen LogP) is 3.34. The van der Waals surface area contributed by atoms with Crippen molar-refractivity contribution in [1.29, 1.82) is 0 Å². The van der Waals surface area contributed by atoms with Crippen molar-refractivity contribution in [3.63, 3.8) is 0 Å². The molecule has 0 aliphatic carbocycles. The standard InChI is InChI=1S/C16H14BrF2NO4S/c17-11-5-3-10(4-6-11)2-1-7-20-25(23,24)15-8-12(16(21)22)13(18)9-14(15)19/h3-6,8-9,20H,1-2,7H2,(H,21,22). The van der Waals surface area contributed by atoms with Crippen molar-refractivity contribution in [3.8, 4) is 0 Å². The van der Waals surface area contributed by atoms with Crippen molar-refractivity contribution >= 4 is 31.9 Å². The number of hydrogen-bond acceptors (Lipinski definition) is 3. The smallest absolute Gasteiger partial charge is 0.338 e. The van der Waals surface area contributed by atoms with E-state index in [2.05, 4.69) is 20.7 Å². The summed E-state index contributed by atoms with van der Waals surface area (Å²) >= 11 is 3.31. The molecule has 0 aromatic heterocycles. The van der Waals surface area contributed by atoms with Crippen LogP contribution in [-0.4, -0.2) is 26.0 Å². The topological polar surface area (TPSA) is 83.5 Å². The van der Waals surface area contributed by atoms with Crippen LogP contribution in [0, 0.1) is 11.6 Å². The monoisotopic (exact) mass is 433 g/mol. The van der Waals surface area contributed by atoms with Crippen LogP contribution in [-0.2, 0) is 16.4 Å². The summed E-state index contributed by atoms with van der Waals surface area (Å²) in [6.45, 7) is 0.0254. The highest BCUT2D eigenvalue weighted by Crippen LogP contribution is 2.19. The van der Waals surface area contributed by atoms with Gasteiger partial charge in [0, 0.05) is 17.1 Å². The number of benzene rings is 2. The molecule has 9 heteroatoms. The fourth-order valence-corrected chi connectivity index (χ4v) is 3.55. The fraction of sp³-hybridized carbons (Fsp3) is 0.188. The number of nitrogens with one attached hydrogen (secondary N) is 1. The van der Waals surface area contributed by atoms with E-state index in [1.54, 1.807) is 0 Å². The van der Waals surface area contributed by atoms with Crippen LogP contribution in [0.1, 0.15) is 22.3 Å². The first-order valence-electron chi connectivity index (χ1n) is 7.17. The summed E-state index contributed by atoms with van der Waals surface area (Å²) in [7, 11) is -4.29. The third-order valence-electron chi connectivity index (χ3n) is 3.39. The third kappa shape index (κ3) is 5.07. The van der Waals surface area contributed by atoms with E-state index in [-0.39, 0.29) is 12.6 Å². The molecular formula is C16H14BrF2NO4S. The molecule has 2 rings (SSSR count). The summed E-state index contributed by atoms with van der Waals surface area (Å²) in [5.41, 5.74) is 0.0974. The van der Waals surface area contributed by atoms with Gasteiger partial charge in [0.05, 0.1) is 5.56 Å². The summed E-state index contributed by atoms with van der Waals surface area (Å²) in [6, 6.07) is 8.22. The summed E-state index contributed by atoms with van der Waals surface area (Å²) < 4.78 is 54.5. The van der Waals surface area contributed by atoms with Crippen molar-refractivity contribution < 1.29 is 27.1 Å². The maximum atomic E-state index is 13.7. The molecular weight excluding hydrogens is 420 g/mol. The second kappa shape index (κ2) is 8.03. The number of aromatic carboxylic acids is 1. The van der Waals surface area contributed by atoms with Gasteiger partial charge in [-0.3, -0.25) is 0 Å². The molecule has 0 amide bonds. The van der Waals surface area contributed by atoms with Gasteiger partial charge in [0.1, 0.15) is 16.5 Å². The highest BCUT2D eigenvalue weighted by Gasteiger charge is 2.23. The van der Waals surface area contributed by atoms with Crippen LogP contribution in [0.2, 0.25) is 0 Å². The Kier molecular flexibility index (Phi) is 6.26. The second-order valence-electron chi connectivity index (χ2n) is 5.20. The molecule has 0 atom stereocenters. The average molecular weight is 434 g/mol. The molecule has 25 heavy (non-hydrogen) atoms. The van der Waals surface area contributed by atoms with Gasteiger partial charge in [0.15, 0.2) is 0 Å². The van der Waals surface area contributed by atoms with Gasteiger partial charge in [-0.15, -0.1) is 0 Å². The van der Waals surface area contributed by atoms with Crippen LogP contribution in [0.25, 0.3) is 0 Å². The third-order valence-corrected chi connectivity index (χ3v) is 5.39. The van der Waals surface area contributed by atoms with Crippen LogP contribution < -0.4 is 4.72 Å². The lowest BCUT2D eigenvalue weighted by atomic mass is 10.1. The van der Waals surface area contributed by atoms with E-state index in [4.69, 9.17) is 5.11 Å². The lowest BCUT2D eigenvalue weighted by Crippen LogP contribution is -2.26. The first kappa shape index (κ1) is 19.5. The Bertz CT molecular complexity index is 886. The van der Waals surface area contributed by atoms with Crippen molar-refractivity contribution in [3.05, 3.63) is 63.6 Å². The lowest BCUT2D eigenvalue weighted by Gasteiger charge is -2.09. The van der Waals surface area contributed by atoms with Crippen molar-refractivity contribution in [2.75, 3.05) is 6.54 Å². The van der Waals surface area contributed by atoms with E-state index in [0.717, 1.165) is 10.0 Å². The van der Waals surface area contributed by atoms with Gasteiger partial charge >= 0.3 is 5.97 Å². The number of carboxylic acid groups (broad SMARTS) is 1. The Morgan fingerprint density at radius 1 is 1.12 bits per heavy atom. The van der Waals surface area contributed by atoms with Crippen LogP contribution in [0.3, 0.4) is 0 Å². The van der Waals surface area contributed by atoms with Crippen molar-refractivity contribution in [2.45, 2.75) is 17.7 Å². The van der Waals surface area contributed by atoms with Gasteiger partial charge in [-0.2, -0.15) is 0 Å². The molecule has 0 unspecified atom stereocenters. The molecule has 0 saturated heterocycles. The first-order valence-corrected chi connectivity index (χ1v) is 9.45. The molecule has 0 aliphatic heterocycles. The number of rotatable bonds is 7. The summed E-state index contributed by atoms with van der Waals surface area (Å²) in [5.74, 6) is -4.36. The van der Waals surface area contributed by atoms with Crippen LogP contribution in [0.15, 0.2) is 45.8 Å². The van der Waals surface area contributed by atoms with E-state index in [0.29, 0.717) is 18.9 Å². The molecule has 2 N–H and O–H groups in total. The SMILES string of the molecule is O=C(O)c1cc(S(=O)(=O)NCCCc2ccc(Br)cc2)c(F)cc1F. The number of carbonyl (C=O) groups is 1. The molecule has 0 aliphatic rings. The van der Waals surface area contributed by atoms with Crippen LogP contribution in [0.5, 0.6) is 0 Å². The normalized spacial score (nSPS) is 11.5. The second-order valence-corrected chi connectivity index (χ2v) is 7.85. The number of halogens is 3. The number of sulfonamides is 1. The zero-order valence-corrected chi connectivity index (χ0v) is 15.2. The zero-order valence-electron chi connectivity index (χ0n) is 12.8. The first-order chi connectivity index (χ1) is 11.7. The van der Waals surface area contributed by atoms with Gasteiger partial charge < -0.3 is 5.11 Å². The molecule has 2 aromatic carbocycles. The molecule has 2 aromatic rings. The van der Waals surface area contributed by atoms with Gasteiger partial charge in [0.2, 0.25) is 10.0 Å². The van der Waals surface area contributed by atoms with Gasteiger partial charge in [-0.1, -0.05) is 28.1 Å². The zero-order chi connectivity index (χ0) is 18.6. The highest BCUT2D eigenvalue weighted by atomic mass is 79.9. The average Bonchev–Trinajstić information content (AvgIpc) is 2.52. The molecule has 0 saturated carbocycles. The Morgan fingerprint density at radius 2 is 1.76 bits per heavy atom. The Labute approximate surface area is 151 Å². The number of aryl methyl sites for hydroxylation is 1. The molecule has 0 bridgehead atoms. The molecule has 0 radical (unpaired) electrons. The molecule has 0 heterocycles. The minimum absolute atomic E-state index is 0.0254. The van der Waals surface area contributed by atoms with E-state index in [1.807, 2.05) is 24.3 Å². The van der Waals surface area contributed by atoms with Gasteiger partial charge in [-0.05, 0) is 36.6 Å². The van der Waals surface area contributed by atoms with Crippen molar-refractivity contribution in [1.82, 2.24) is 4.72 Å². The maximum Gasteiger partial charge on any atom is 0.338 e. The number of carboxylic acids is 1. The summed E-state index contributed by atoms with van der Waals surface area (Å²) in [6.07, 6.45) is 1.05. The van der Waals surface area contributed by atoms with E-state index in [1.165, 1.54) is 0 Å². The molecule has 134 valence electrons. The van der Waals surface area contributed by atoms with E-state index < -0.39 is 38.1 Å². The minimum Gasteiger partial charge on any atom is -0.478 e. The Balaban J connectivity index is 2.05. The quantitative estimate of drug-likeness (QED) is 0.655. The van der Waals surface area contributed by atoms with Crippen molar-refractivity contribution in [2.24, 2.45) is 0 Å². The Hall–Kier alpha value is -1.84. The van der Waals surface area contributed by atoms with Crippen LogP contribution >= 0.6 is 15.9 Å². The molecule has 0 spiro atoms. The molecule has 0 fully saturated rings. The largest absolute Gasteiger partial charge is 0.478 e. The summed E-state index contributed by atoms with van der Waals surface area (Å²) in [5, 5.41) is 8.83. The predicted molar refractivity (Wildman–Crippen MR) is 91.0 cm³/mol.